The molecule has 0 saturated carbocycles. The number of carbonyl (C=O) groups is 1. The number of aliphatic carboxylic acids is 1. The summed E-state index contributed by atoms with van der Waals surface area (Å²) in [6.07, 6.45) is -0.171. The third-order valence-electron chi connectivity index (χ3n) is 4.90. The average molecular weight is 407 g/mol. The van der Waals surface area contributed by atoms with Gasteiger partial charge in [-0.3, -0.25) is 4.79 Å². The summed E-state index contributed by atoms with van der Waals surface area (Å²) < 4.78 is 14.4. The summed E-state index contributed by atoms with van der Waals surface area (Å²) >= 11 is 0. The molecule has 0 bridgehead atoms. The zero-order valence-corrected chi connectivity index (χ0v) is 16.9. The quantitative estimate of drug-likeness (QED) is 0.268. The van der Waals surface area contributed by atoms with Crippen LogP contribution in [0.5, 0.6) is 0 Å². The number of benzene rings is 3. The Bertz CT molecular complexity index is 1000. The van der Waals surface area contributed by atoms with E-state index in [1.165, 1.54) is 0 Å². The summed E-state index contributed by atoms with van der Waals surface area (Å²) in [5.74, 6) is -1.20. The first-order valence-electron chi connectivity index (χ1n) is 9.18. The highest BCUT2D eigenvalue weighted by Gasteiger charge is 2.42. The van der Waals surface area contributed by atoms with Crippen LogP contribution in [0.3, 0.4) is 0 Å². The van der Waals surface area contributed by atoms with E-state index in [4.69, 9.17) is 0 Å². The van der Waals surface area contributed by atoms with Crippen molar-refractivity contribution in [3.05, 3.63) is 96.1 Å². The fourth-order valence-electron chi connectivity index (χ4n) is 3.32. The lowest BCUT2D eigenvalue weighted by Gasteiger charge is -2.26. The highest BCUT2D eigenvalue weighted by atomic mass is 31.2. The van der Waals surface area contributed by atoms with Crippen LogP contribution >= 0.6 is 7.14 Å². The third-order valence-corrected chi connectivity index (χ3v) is 8.31. The van der Waals surface area contributed by atoms with Crippen molar-refractivity contribution in [1.29, 1.82) is 0 Å². The Hall–Kier alpha value is -3.17. The van der Waals surface area contributed by atoms with Gasteiger partial charge in [-0.1, -0.05) is 95.6 Å². The number of aryl methyl sites for hydroxylation is 1. The van der Waals surface area contributed by atoms with Crippen molar-refractivity contribution in [2.24, 2.45) is 5.16 Å². The largest absolute Gasteiger partial charge is 0.481 e. The summed E-state index contributed by atoms with van der Waals surface area (Å²) in [5.41, 5.74) is 0.529. The Morgan fingerprint density at radius 3 is 1.79 bits per heavy atom. The predicted octanol–water partition coefficient (Wildman–Crippen LogP) is 4.03. The average Bonchev–Trinajstić information content (AvgIpc) is 2.76. The van der Waals surface area contributed by atoms with Crippen molar-refractivity contribution in [2.45, 2.75) is 19.0 Å². The molecule has 0 aromatic heterocycles. The van der Waals surface area contributed by atoms with E-state index in [0.29, 0.717) is 16.2 Å². The highest BCUT2D eigenvalue weighted by Crippen LogP contribution is 2.50. The van der Waals surface area contributed by atoms with Gasteiger partial charge in [0.05, 0.1) is 5.71 Å². The van der Waals surface area contributed by atoms with Gasteiger partial charge in [-0.2, -0.15) is 0 Å². The molecule has 6 heteroatoms. The Kier molecular flexibility index (Phi) is 6.30. The molecule has 3 aromatic rings. The molecule has 0 heterocycles. The molecule has 0 fully saturated rings. The van der Waals surface area contributed by atoms with E-state index < -0.39 is 18.8 Å². The Morgan fingerprint density at radius 2 is 1.38 bits per heavy atom. The van der Waals surface area contributed by atoms with Gasteiger partial charge in [-0.25, -0.2) is 0 Å². The number of nitrogens with zero attached hydrogens (tertiary/aromatic N) is 1. The van der Waals surface area contributed by atoms with E-state index in [0.717, 1.165) is 5.56 Å². The fraction of sp³-hybridized carbons (Fsp3) is 0.130. The van der Waals surface area contributed by atoms with Crippen LogP contribution in [0.1, 0.15) is 17.5 Å². The minimum absolute atomic E-state index is 0.171. The highest BCUT2D eigenvalue weighted by molar-refractivity contribution is 7.80. The summed E-state index contributed by atoms with van der Waals surface area (Å²) in [7, 11) is -3.58. The maximum absolute atomic E-state index is 14.4. The molecular formula is C23H22NO4P. The first-order valence-corrected chi connectivity index (χ1v) is 11.0. The number of hydrogen-bond donors (Lipinski definition) is 2. The zero-order valence-electron chi connectivity index (χ0n) is 16.0. The molecule has 2 N–H and O–H groups in total. The van der Waals surface area contributed by atoms with Gasteiger partial charge in [0.15, 0.2) is 7.14 Å². The van der Waals surface area contributed by atoms with Crippen LogP contribution < -0.4 is 10.6 Å². The number of rotatable bonds is 7. The number of oxime groups is 1. The lowest BCUT2D eigenvalue weighted by Crippen LogP contribution is -2.33. The second kappa shape index (κ2) is 8.89. The summed E-state index contributed by atoms with van der Waals surface area (Å²) in [6, 6.07) is 24.5. The van der Waals surface area contributed by atoms with E-state index >= 15 is 0 Å². The molecular weight excluding hydrogens is 385 g/mol. The Labute approximate surface area is 169 Å². The molecule has 0 spiro atoms. The van der Waals surface area contributed by atoms with Gasteiger partial charge in [-0.15, -0.1) is 0 Å². The van der Waals surface area contributed by atoms with Crippen molar-refractivity contribution in [1.82, 2.24) is 0 Å². The molecule has 5 nitrogen and oxygen atoms in total. The smallest absolute Gasteiger partial charge is 0.315 e. The van der Waals surface area contributed by atoms with E-state index in [1.807, 2.05) is 19.1 Å². The number of hydrogen-bond acceptors (Lipinski definition) is 4. The van der Waals surface area contributed by atoms with Crippen LogP contribution in [0, 0.1) is 6.92 Å². The fourth-order valence-corrected chi connectivity index (χ4v) is 6.31. The number of carboxylic acid groups (broad SMARTS) is 1. The Balaban J connectivity index is 2.12. The number of carboxylic acids is 1. The monoisotopic (exact) mass is 407 g/mol. The van der Waals surface area contributed by atoms with Crippen LogP contribution in [0.4, 0.5) is 0 Å². The normalized spacial score (nSPS) is 13.1. The van der Waals surface area contributed by atoms with E-state index in [-0.39, 0.29) is 12.1 Å². The maximum Gasteiger partial charge on any atom is 0.315 e. The van der Waals surface area contributed by atoms with Crippen molar-refractivity contribution < 1.29 is 19.7 Å². The topological polar surface area (TPSA) is 87.0 Å². The molecule has 0 aliphatic rings. The van der Waals surface area contributed by atoms with Crippen LogP contribution in [0.25, 0.3) is 0 Å². The first kappa shape index (κ1) is 20.6. The van der Waals surface area contributed by atoms with E-state index in [9.17, 15) is 19.7 Å². The molecule has 3 aromatic carbocycles. The molecule has 29 heavy (non-hydrogen) atoms. The summed E-state index contributed by atoms with van der Waals surface area (Å²) in [4.78, 5) is 12.3. The lowest BCUT2D eigenvalue weighted by atomic mass is 10.0. The molecule has 0 aliphatic heterocycles. The lowest BCUT2D eigenvalue weighted by molar-refractivity contribution is -0.136. The minimum atomic E-state index is -3.58. The second-order valence-corrected chi connectivity index (χ2v) is 9.77. The van der Waals surface area contributed by atoms with Gasteiger partial charge in [0.2, 0.25) is 0 Å². The van der Waals surface area contributed by atoms with E-state index in [2.05, 4.69) is 5.16 Å². The Morgan fingerprint density at radius 1 is 0.897 bits per heavy atom. The van der Waals surface area contributed by atoms with Crippen molar-refractivity contribution in [3.8, 4) is 0 Å². The minimum Gasteiger partial charge on any atom is -0.481 e. The first-order chi connectivity index (χ1) is 14.0. The molecule has 0 saturated heterocycles. The van der Waals surface area contributed by atoms with Crippen LogP contribution in [0.15, 0.2) is 90.1 Å². The van der Waals surface area contributed by atoms with Crippen molar-refractivity contribution in [2.75, 3.05) is 0 Å². The standard InChI is InChI=1S/C23H22NO4P/c1-17-12-14-18(15-13-17)21(24-27)16-22(23(25)26)29(28,19-8-4-2-5-9-19)20-10-6-3-7-11-20/h2-15,22,27H,16H2,1H3,(H,25,26)/b24-21+/t22-/m1/s1. The van der Waals surface area contributed by atoms with Gasteiger partial charge in [0, 0.05) is 17.0 Å². The zero-order chi connectivity index (χ0) is 20.9. The van der Waals surface area contributed by atoms with Crippen molar-refractivity contribution in [3.63, 3.8) is 0 Å². The summed E-state index contributed by atoms with van der Waals surface area (Å²) in [6.45, 7) is 1.93. The third kappa shape index (κ3) is 4.30. The van der Waals surface area contributed by atoms with Gasteiger partial charge in [-0.05, 0) is 12.5 Å². The second-order valence-electron chi connectivity index (χ2n) is 6.80. The predicted molar refractivity (Wildman–Crippen MR) is 115 cm³/mol. The van der Waals surface area contributed by atoms with Gasteiger partial charge in [0.1, 0.15) is 5.66 Å². The molecule has 1 atom stereocenters. The summed E-state index contributed by atoms with van der Waals surface area (Å²) in [5, 5.41) is 23.9. The van der Waals surface area contributed by atoms with Gasteiger partial charge >= 0.3 is 5.97 Å². The molecule has 0 radical (unpaired) electrons. The molecule has 0 unspecified atom stereocenters. The van der Waals surface area contributed by atoms with Crippen molar-refractivity contribution >= 4 is 29.4 Å². The van der Waals surface area contributed by atoms with E-state index in [1.54, 1.807) is 72.8 Å². The van der Waals surface area contributed by atoms with Crippen LogP contribution in [0.2, 0.25) is 0 Å². The molecule has 0 aliphatic carbocycles. The maximum atomic E-state index is 14.4. The SMILES string of the molecule is Cc1ccc(/C(C[C@H](C(=O)O)P(=O)(c2ccccc2)c2ccccc2)=N/O)cc1. The molecule has 0 amide bonds. The van der Waals surface area contributed by atoms with Crippen LogP contribution in [-0.2, 0) is 9.36 Å². The molecule has 148 valence electrons. The van der Waals surface area contributed by atoms with Gasteiger partial charge in [0.25, 0.3) is 0 Å². The molecule has 3 rings (SSSR count). The van der Waals surface area contributed by atoms with Crippen LogP contribution in [-0.4, -0.2) is 27.7 Å². The van der Waals surface area contributed by atoms with Gasteiger partial charge < -0.3 is 14.9 Å².